The Morgan fingerprint density at radius 2 is 2.00 bits per heavy atom. The number of benzene rings is 1. The van der Waals surface area contributed by atoms with E-state index in [-0.39, 0.29) is 6.42 Å². The van der Waals surface area contributed by atoms with E-state index in [9.17, 15) is 13.2 Å². The van der Waals surface area contributed by atoms with Crippen molar-refractivity contribution in [1.29, 1.82) is 0 Å². The minimum absolute atomic E-state index is 0.115. The summed E-state index contributed by atoms with van der Waals surface area (Å²) in [4.78, 5) is 0. The van der Waals surface area contributed by atoms with Gasteiger partial charge in [-0.15, -0.1) is 0 Å². The number of alkyl halides is 3. The van der Waals surface area contributed by atoms with Crippen molar-refractivity contribution in [1.82, 2.24) is 0 Å². The lowest BCUT2D eigenvalue weighted by Crippen LogP contribution is -2.15. The molecule has 1 atom stereocenters. The maximum Gasteiger partial charge on any atom is 0.389 e. The number of rotatable bonds is 4. The average molecular weight is 247 g/mol. The monoisotopic (exact) mass is 247 g/mol. The topological polar surface area (TPSA) is 35.2 Å². The van der Waals surface area contributed by atoms with Crippen LogP contribution in [0.3, 0.4) is 0 Å². The highest BCUT2D eigenvalue weighted by atomic mass is 19.4. The van der Waals surface area contributed by atoms with E-state index < -0.39 is 18.6 Å². The lowest BCUT2D eigenvalue weighted by atomic mass is 10.0. The summed E-state index contributed by atoms with van der Waals surface area (Å²) in [5, 5.41) is 0. The summed E-state index contributed by atoms with van der Waals surface area (Å²) in [5.74, 6) is 0.643. The Kier molecular flexibility index (Phi) is 4.40. The highest BCUT2D eigenvalue weighted by molar-refractivity contribution is 5.37. The average Bonchev–Trinajstić information content (AvgIpc) is 2.25. The summed E-state index contributed by atoms with van der Waals surface area (Å²) in [6.07, 6.45) is -5.15. The molecule has 1 aromatic rings. The second kappa shape index (κ2) is 5.40. The summed E-state index contributed by atoms with van der Waals surface area (Å²) in [6, 6.07) is 4.60. The Balaban J connectivity index is 2.72. The van der Waals surface area contributed by atoms with Crippen LogP contribution in [0.4, 0.5) is 13.2 Å². The molecule has 96 valence electrons. The number of halogens is 3. The molecule has 2 nitrogen and oxygen atoms in total. The van der Waals surface area contributed by atoms with Crippen molar-refractivity contribution < 1.29 is 17.9 Å². The fourth-order valence-corrected chi connectivity index (χ4v) is 1.55. The van der Waals surface area contributed by atoms with Gasteiger partial charge < -0.3 is 10.5 Å². The molecule has 0 aliphatic rings. The summed E-state index contributed by atoms with van der Waals surface area (Å²) >= 11 is 0. The molecule has 0 spiro atoms. The molecule has 17 heavy (non-hydrogen) atoms. The van der Waals surface area contributed by atoms with Gasteiger partial charge in [0.1, 0.15) is 5.75 Å². The summed E-state index contributed by atoms with van der Waals surface area (Å²) < 4.78 is 41.3. The van der Waals surface area contributed by atoms with Crippen LogP contribution in [0.2, 0.25) is 0 Å². The fraction of sp³-hybridized carbons (Fsp3) is 0.500. The molecule has 5 heteroatoms. The van der Waals surface area contributed by atoms with E-state index in [1.54, 1.807) is 18.2 Å². The van der Waals surface area contributed by atoms with Crippen molar-refractivity contribution >= 4 is 0 Å². The molecule has 0 aliphatic carbocycles. The number of methoxy groups -OCH3 is 1. The minimum atomic E-state index is -4.16. The molecule has 0 fully saturated rings. The number of aryl methyl sites for hydroxylation is 1. The number of nitrogens with two attached hydrogens (primary N) is 1. The van der Waals surface area contributed by atoms with Crippen LogP contribution in [0.25, 0.3) is 0 Å². The lowest BCUT2D eigenvalue weighted by molar-refractivity contribution is -0.136. The van der Waals surface area contributed by atoms with Gasteiger partial charge in [0.05, 0.1) is 7.11 Å². The Labute approximate surface area is 98.6 Å². The zero-order valence-electron chi connectivity index (χ0n) is 9.84. The normalized spacial score (nSPS) is 13.5. The molecular formula is C12H16F3NO. The molecule has 0 aliphatic heterocycles. The third kappa shape index (κ3) is 4.26. The second-order valence-corrected chi connectivity index (χ2v) is 3.99. The van der Waals surface area contributed by atoms with Gasteiger partial charge >= 0.3 is 6.18 Å². The van der Waals surface area contributed by atoms with Crippen molar-refractivity contribution in [3.05, 3.63) is 29.3 Å². The molecule has 2 N–H and O–H groups in total. The maximum absolute atomic E-state index is 12.1. The molecule has 0 saturated heterocycles. The third-order valence-electron chi connectivity index (χ3n) is 2.60. The number of hydrogen-bond acceptors (Lipinski definition) is 2. The van der Waals surface area contributed by atoms with E-state index in [1.807, 2.05) is 6.92 Å². The molecule has 1 aromatic carbocycles. The molecular weight excluding hydrogens is 231 g/mol. The number of ether oxygens (including phenoxy) is 1. The Morgan fingerprint density at radius 1 is 1.35 bits per heavy atom. The van der Waals surface area contributed by atoms with Crippen LogP contribution in [-0.4, -0.2) is 13.3 Å². The summed E-state index contributed by atoms with van der Waals surface area (Å²) in [5.41, 5.74) is 7.31. The summed E-state index contributed by atoms with van der Waals surface area (Å²) in [6.45, 7) is 1.86. The smallest absolute Gasteiger partial charge is 0.389 e. The van der Waals surface area contributed by atoms with E-state index in [1.165, 1.54) is 7.11 Å². The first-order valence-electron chi connectivity index (χ1n) is 5.30. The summed E-state index contributed by atoms with van der Waals surface area (Å²) in [7, 11) is 1.52. The standard InChI is InChI=1S/C12H16F3NO/c1-8-3-4-9(7-11(8)17-2)10(16)5-6-12(13,14)15/h3-4,7,10H,5-6,16H2,1-2H3. The van der Waals surface area contributed by atoms with Crippen molar-refractivity contribution in [2.45, 2.75) is 32.0 Å². The first kappa shape index (κ1) is 13.8. The van der Waals surface area contributed by atoms with Gasteiger partial charge in [-0.25, -0.2) is 0 Å². The zero-order valence-corrected chi connectivity index (χ0v) is 9.84. The predicted octanol–water partition coefficient (Wildman–Crippen LogP) is 3.35. The highest BCUT2D eigenvalue weighted by Gasteiger charge is 2.27. The van der Waals surface area contributed by atoms with Gasteiger partial charge in [0.15, 0.2) is 0 Å². The van der Waals surface area contributed by atoms with Crippen LogP contribution in [0.15, 0.2) is 18.2 Å². The van der Waals surface area contributed by atoms with Crippen LogP contribution in [0.1, 0.15) is 30.0 Å². The molecule has 1 unspecified atom stereocenters. The first-order valence-corrected chi connectivity index (χ1v) is 5.30. The molecule has 0 aromatic heterocycles. The van der Waals surface area contributed by atoms with E-state index in [2.05, 4.69) is 0 Å². The fourth-order valence-electron chi connectivity index (χ4n) is 1.55. The minimum Gasteiger partial charge on any atom is -0.496 e. The van der Waals surface area contributed by atoms with Crippen molar-refractivity contribution in [3.8, 4) is 5.75 Å². The zero-order chi connectivity index (χ0) is 13.1. The van der Waals surface area contributed by atoms with Crippen LogP contribution in [-0.2, 0) is 0 Å². The quantitative estimate of drug-likeness (QED) is 0.885. The Hall–Kier alpha value is -1.23. The van der Waals surface area contributed by atoms with Gasteiger partial charge in [-0.2, -0.15) is 13.2 Å². The van der Waals surface area contributed by atoms with Crippen LogP contribution in [0.5, 0.6) is 5.75 Å². The van der Waals surface area contributed by atoms with Gasteiger partial charge in [-0.3, -0.25) is 0 Å². The van der Waals surface area contributed by atoms with E-state index in [0.717, 1.165) is 5.56 Å². The predicted molar refractivity (Wildman–Crippen MR) is 59.9 cm³/mol. The van der Waals surface area contributed by atoms with E-state index in [0.29, 0.717) is 11.3 Å². The van der Waals surface area contributed by atoms with Crippen LogP contribution < -0.4 is 10.5 Å². The molecule has 0 radical (unpaired) electrons. The van der Waals surface area contributed by atoms with E-state index in [4.69, 9.17) is 10.5 Å². The van der Waals surface area contributed by atoms with Gasteiger partial charge in [0.2, 0.25) is 0 Å². The molecule has 0 amide bonds. The first-order chi connectivity index (χ1) is 7.83. The van der Waals surface area contributed by atoms with Gasteiger partial charge in [0, 0.05) is 12.5 Å². The van der Waals surface area contributed by atoms with Crippen molar-refractivity contribution in [2.24, 2.45) is 5.73 Å². The van der Waals surface area contributed by atoms with Gasteiger partial charge in [0.25, 0.3) is 0 Å². The molecule has 1 rings (SSSR count). The van der Waals surface area contributed by atoms with Crippen LogP contribution >= 0.6 is 0 Å². The van der Waals surface area contributed by atoms with E-state index >= 15 is 0 Å². The van der Waals surface area contributed by atoms with Crippen molar-refractivity contribution in [2.75, 3.05) is 7.11 Å². The van der Waals surface area contributed by atoms with Crippen molar-refractivity contribution in [3.63, 3.8) is 0 Å². The number of hydrogen-bond donors (Lipinski definition) is 1. The Bertz CT molecular complexity index is 377. The second-order valence-electron chi connectivity index (χ2n) is 3.99. The highest BCUT2D eigenvalue weighted by Crippen LogP contribution is 2.28. The van der Waals surface area contributed by atoms with Crippen LogP contribution in [0, 0.1) is 6.92 Å². The lowest BCUT2D eigenvalue weighted by Gasteiger charge is -2.15. The molecule has 0 heterocycles. The largest absolute Gasteiger partial charge is 0.496 e. The molecule has 0 bridgehead atoms. The Morgan fingerprint density at radius 3 is 2.53 bits per heavy atom. The van der Waals surface area contributed by atoms with Gasteiger partial charge in [-0.05, 0) is 30.5 Å². The van der Waals surface area contributed by atoms with Gasteiger partial charge in [-0.1, -0.05) is 12.1 Å². The molecule has 0 saturated carbocycles. The SMILES string of the molecule is COc1cc(C(N)CCC(F)(F)F)ccc1C. The maximum atomic E-state index is 12.1. The third-order valence-corrected chi connectivity index (χ3v) is 2.60.